The van der Waals surface area contributed by atoms with E-state index in [9.17, 15) is 0 Å². The van der Waals surface area contributed by atoms with Crippen molar-refractivity contribution in [2.24, 2.45) is 0 Å². The molecule has 0 bridgehead atoms. The van der Waals surface area contributed by atoms with Gasteiger partial charge >= 0.3 is 0 Å². The summed E-state index contributed by atoms with van der Waals surface area (Å²) in [5.41, 5.74) is 1.16. The lowest BCUT2D eigenvalue weighted by Crippen LogP contribution is -2.15. The van der Waals surface area contributed by atoms with Gasteiger partial charge in [0, 0.05) is 11.6 Å². The van der Waals surface area contributed by atoms with E-state index in [0.29, 0.717) is 6.04 Å². The van der Waals surface area contributed by atoms with Gasteiger partial charge in [-0.25, -0.2) is 0 Å². The van der Waals surface area contributed by atoms with Crippen molar-refractivity contribution in [2.45, 2.75) is 77.2 Å². The van der Waals surface area contributed by atoms with Gasteiger partial charge in [-0.05, 0) is 19.5 Å². The van der Waals surface area contributed by atoms with Crippen LogP contribution in [-0.2, 0) is 0 Å². The average Bonchev–Trinajstić information content (AvgIpc) is 2.80. The molecule has 0 radical (unpaired) electrons. The summed E-state index contributed by atoms with van der Waals surface area (Å²) in [5, 5.41) is 3.36. The molecule has 0 aliphatic heterocycles. The molecular weight excluding hydrogens is 321 g/mol. The van der Waals surface area contributed by atoms with E-state index in [2.05, 4.69) is 12.2 Å². The first-order chi connectivity index (χ1) is 10.2. The molecule has 122 valence electrons. The van der Waals surface area contributed by atoms with Crippen molar-refractivity contribution in [2.75, 3.05) is 7.05 Å². The van der Waals surface area contributed by atoms with Crippen molar-refractivity contribution >= 4 is 34.5 Å². The minimum absolute atomic E-state index is 0.339. The molecule has 1 nitrogen and oxygen atoms in total. The number of hydrogen-bond acceptors (Lipinski definition) is 2. The molecule has 1 atom stereocenters. The second kappa shape index (κ2) is 11.8. The molecule has 0 fully saturated rings. The molecular formula is C17H29Cl2NS. The molecule has 0 spiro atoms. The lowest BCUT2D eigenvalue weighted by Gasteiger charge is -2.15. The van der Waals surface area contributed by atoms with Gasteiger partial charge in [0.25, 0.3) is 0 Å². The van der Waals surface area contributed by atoms with Crippen molar-refractivity contribution in [3.8, 4) is 0 Å². The average molecular weight is 350 g/mol. The van der Waals surface area contributed by atoms with Gasteiger partial charge in [0.15, 0.2) is 0 Å². The fraction of sp³-hybridized carbons (Fsp3) is 0.765. The summed E-state index contributed by atoms with van der Waals surface area (Å²) in [7, 11) is 2.00. The smallest absolute Gasteiger partial charge is 0.0991 e. The second-order valence-corrected chi connectivity index (χ2v) is 8.02. The summed E-state index contributed by atoms with van der Waals surface area (Å²) < 4.78 is 1.61. The molecule has 1 N–H and O–H groups in total. The Balaban J connectivity index is 2.12. The molecule has 1 aromatic rings. The van der Waals surface area contributed by atoms with Crippen LogP contribution in [-0.4, -0.2) is 7.05 Å². The largest absolute Gasteiger partial charge is 0.313 e. The minimum atomic E-state index is 0.339. The fourth-order valence-electron chi connectivity index (χ4n) is 2.71. The van der Waals surface area contributed by atoms with Gasteiger partial charge in [-0.1, -0.05) is 87.9 Å². The van der Waals surface area contributed by atoms with Crippen LogP contribution in [0.4, 0.5) is 0 Å². The zero-order valence-corrected chi connectivity index (χ0v) is 15.7. The Morgan fingerprint density at radius 2 is 1.57 bits per heavy atom. The summed E-state index contributed by atoms with van der Waals surface area (Å²) >= 11 is 13.7. The first-order valence-electron chi connectivity index (χ1n) is 8.31. The maximum absolute atomic E-state index is 6.24. The first-order valence-corrected chi connectivity index (χ1v) is 9.88. The van der Waals surface area contributed by atoms with E-state index in [1.807, 2.05) is 13.1 Å². The molecule has 0 aromatic carbocycles. The van der Waals surface area contributed by atoms with Crippen LogP contribution in [0.1, 0.15) is 82.7 Å². The van der Waals surface area contributed by atoms with E-state index in [1.165, 1.54) is 69.1 Å². The van der Waals surface area contributed by atoms with Crippen LogP contribution in [0.2, 0.25) is 8.67 Å². The van der Waals surface area contributed by atoms with E-state index >= 15 is 0 Å². The quantitative estimate of drug-likeness (QED) is 0.392. The monoisotopic (exact) mass is 349 g/mol. The summed E-state index contributed by atoms with van der Waals surface area (Å²) in [6.07, 6.45) is 13.4. The van der Waals surface area contributed by atoms with Crippen LogP contribution in [0.15, 0.2) is 6.07 Å². The highest BCUT2D eigenvalue weighted by atomic mass is 35.5. The first kappa shape index (κ1) is 19.3. The number of hydrogen-bond donors (Lipinski definition) is 1. The van der Waals surface area contributed by atoms with Crippen LogP contribution in [0.25, 0.3) is 0 Å². The maximum Gasteiger partial charge on any atom is 0.0991 e. The van der Waals surface area contributed by atoms with Gasteiger partial charge in [0.1, 0.15) is 0 Å². The highest BCUT2D eigenvalue weighted by Crippen LogP contribution is 2.36. The van der Waals surface area contributed by atoms with Crippen molar-refractivity contribution in [3.63, 3.8) is 0 Å². The third kappa shape index (κ3) is 7.88. The van der Waals surface area contributed by atoms with Crippen molar-refractivity contribution in [1.82, 2.24) is 5.32 Å². The molecule has 1 rings (SSSR count). The van der Waals surface area contributed by atoms with Gasteiger partial charge in [-0.2, -0.15) is 0 Å². The second-order valence-electron chi connectivity index (χ2n) is 5.74. The number of thiophene rings is 1. The van der Waals surface area contributed by atoms with Gasteiger partial charge in [0.05, 0.1) is 8.67 Å². The van der Waals surface area contributed by atoms with Crippen molar-refractivity contribution < 1.29 is 0 Å². The molecule has 1 aromatic heterocycles. The van der Waals surface area contributed by atoms with Gasteiger partial charge in [-0.15, -0.1) is 11.3 Å². The van der Waals surface area contributed by atoms with E-state index in [4.69, 9.17) is 23.2 Å². The molecule has 0 aliphatic carbocycles. The molecule has 0 amide bonds. The number of nitrogens with one attached hydrogen (secondary N) is 1. The van der Waals surface area contributed by atoms with Crippen LogP contribution in [0, 0.1) is 0 Å². The molecule has 1 unspecified atom stereocenters. The number of halogens is 2. The third-order valence-corrected chi connectivity index (χ3v) is 5.52. The summed E-state index contributed by atoms with van der Waals surface area (Å²) in [4.78, 5) is 0. The van der Waals surface area contributed by atoms with Gasteiger partial charge in [0.2, 0.25) is 0 Å². The van der Waals surface area contributed by atoms with Crippen LogP contribution < -0.4 is 5.32 Å². The van der Waals surface area contributed by atoms with Crippen LogP contribution in [0.3, 0.4) is 0 Å². The Hall–Kier alpha value is 0.240. The minimum Gasteiger partial charge on any atom is -0.313 e. The molecule has 0 aliphatic rings. The predicted octanol–water partition coefficient (Wildman–Crippen LogP) is 7.24. The Bertz CT molecular complexity index is 379. The third-order valence-electron chi connectivity index (χ3n) is 4.00. The van der Waals surface area contributed by atoms with Gasteiger partial charge < -0.3 is 5.32 Å². The Morgan fingerprint density at radius 1 is 1.00 bits per heavy atom. The standard InChI is InChI=1S/C17H29Cl2NS/c1-3-4-5-6-7-8-9-10-11-12-15(20-2)14-13-16(18)21-17(14)19/h13,15,20H,3-12H2,1-2H3. The molecule has 0 saturated heterocycles. The molecule has 1 heterocycles. The van der Waals surface area contributed by atoms with E-state index in [-0.39, 0.29) is 0 Å². The fourth-order valence-corrected chi connectivity index (χ4v) is 4.28. The van der Waals surface area contributed by atoms with Gasteiger partial charge in [-0.3, -0.25) is 0 Å². The SMILES string of the molecule is CCCCCCCCCCCC(NC)c1cc(Cl)sc1Cl. The number of unbranched alkanes of at least 4 members (excludes halogenated alkanes) is 8. The highest BCUT2D eigenvalue weighted by Gasteiger charge is 2.15. The summed E-state index contributed by atoms with van der Waals surface area (Å²) in [5.74, 6) is 0. The maximum atomic E-state index is 6.24. The molecule has 0 saturated carbocycles. The predicted molar refractivity (Wildman–Crippen MR) is 98.0 cm³/mol. The normalized spacial score (nSPS) is 12.8. The van der Waals surface area contributed by atoms with E-state index in [0.717, 1.165) is 20.7 Å². The lowest BCUT2D eigenvalue weighted by molar-refractivity contribution is 0.494. The molecule has 4 heteroatoms. The van der Waals surface area contributed by atoms with E-state index < -0.39 is 0 Å². The van der Waals surface area contributed by atoms with E-state index in [1.54, 1.807) is 0 Å². The zero-order valence-electron chi connectivity index (χ0n) is 13.4. The van der Waals surface area contributed by atoms with Crippen molar-refractivity contribution in [1.29, 1.82) is 0 Å². The Kier molecular flexibility index (Phi) is 10.8. The number of rotatable bonds is 12. The Morgan fingerprint density at radius 3 is 2.05 bits per heavy atom. The lowest BCUT2D eigenvalue weighted by atomic mass is 10.0. The topological polar surface area (TPSA) is 12.0 Å². The molecule has 21 heavy (non-hydrogen) atoms. The van der Waals surface area contributed by atoms with Crippen LogP contribution >= 0.6 is 34.5 Å². The highest BCUT2D eigenvalue weighted by molar-refractivity contribution is 7.20. The van der Waals surface area contributed by atoms with Crippen molar-refractivity contribution in [3.05, 3.63) is 20.3 Å². The summed E-state index contributed by atoms with van der Waals surface area (Å²) in [6, 6.07) is 2.34. The zero-order chi connectivity index (χ0) is 15.5. The Labute approximate surface area is 144 Å². The van der Waals surface area contributed by atoms with Crippen LogP contribution in [0.5, 0.6) is 0 Å². The summed E-state index contributed by atoms with van der Waals surface area (Å²) in [6.45, 7) is 2.27.